The van der Waals surface area contributed by atoms with E-state index in [9.17, 15) is 4.39 Å². The lowest BCUT2D eigenvalue weighted by Crippen LogP contribution is -1.81. The summed E-state index contributed by atoms with van der Waals surface area (Å²) in [6.45, 7) is 3.83. The van der Waals surface area contributed by atoms with E-state index < -0.39 is 5.83 Å². The van der Waals surface area contributed by atoms with Gasteiger partial charge in [0.25, 0.3) is 0 Å². The molecule has 0 amide bonds. The third kappa shape index (κ3) is 2.03. The maximum Gasteiger partial charge on any atom is 0.141 e. The predicted molar refractivity (Wildman–Crippen MR) is 80.7 cm³/mol. The maximum absolute atomic E-state index is 13.1. The van der Waals surface area contributed by atoms with Crippen molar-refractivity contribution >= 4 is 33.7 Å². The van der Waals surface area contributed by atoms with Crippen LogP contribution in [0.3, 0.4) is 0 Å². The fourth-order valence-corrected chi connectivity index (χ4v) is 2.22. The first-order chi connectivity index (χ1) is 9.69. The van der Waals surface area contributed by atoms with E-state index in [2.05, 4.69) is 6.58 Å². The number of hydrogen-bond acceptors (Lipinski definition) is 2. The molecule has 0 aliphatic carbocycles. The molecule has 1 aromatic heterocycles. The molecular weight excluding hydrogens is 253 g/mol. The highest BCUT2D eigenvalue weighted by Crippen LogP contribution is 2.30. The van der Waals surface area contributed by atoms with E-state index in [1.165, 1.54) is 6.08 Å². The van der Waals surface area contributed by atoms with Crippen LogP contribution in [-0.2, 0) is 0 Å². The van der Waals surface area contributed by atoms with Crippen LogP contribution in [0, 0.1) is 5.41 Å². The third-order valence-corrected chi connectivity index (χ3v) is 3.20. The Hall–Kier alpha value is -2.68. The number of para-hydroxylation sites is 1. The molecule has 2 aromatic carbocycles. The van der Waals surface area contributed by atoms with Gasteiger partial charge in [0.15, 0.2) is 0 Å². The lowest BCUT2D eigenvalue weighted by Gasteiger charge is -2.00. The van der Waals surface area contributed by atoms with Gasteiger partial charge in [0.1, 0.15) is 17.0 Å². The van der Waals surface area contributed by atoms with Crippen molar-refractivity contribution in [1.82, 2.24) is 0 Å². The van der Waals surface area contributed by atoms with E-state index in [4.69, 9.17) is 9.83 Å². The topological polar surface area (TPSA) is 37.0 Å². The van der Waals surface area contributed by atoms with E-state index in [0.29, 0.717) is 11.8 Å². The molecule has 0 saturated carbocycles. The summed E-state index contributed by atoms with van der Waals surface area (Å²) >= 11 is 0. The Morgan fingerprint density at radius 1 is 1.10 bits per heavy atom. The smallest absolute Gasteiger partial charge is 0.141 e. The Morgan fingerprint density at radius 2 is 1.85 bits per heavy atom. The van der Waals surface area contributed by atoms with Gasteiger partial charge in [-0.25, -0.2) is 4.39 Å². The van der Waals surface area contributed by atoms with Crippen molar-refractivity contribution in [3.63, 3.8) is 0 Å². The van der Waals surface area contributed by atoms with Crippen molar-refractivity contribution in [3.05, 3.63) is 66.5 Å². The lowest BCUT2D eigenvalue weighted by molar-refractivity contribution is 0.669. The van der Waals surface area contributed by atoms with Crippen molar-refractivity contribution in [1.29, 1.82) is 5.41 Å². The van der Waals surface area contributed by atoms with Gasteiger partial charge in [-0.1, -0.05) is 30.8 Å². The summed E-state index contributed by atoms with van der Waals surface area (Å²) in [5.41, 5.74) is 2.95. The minimum Gasteiger partial charge on any atom is -0.456 e. The first kappa shape index (κ1) is 12.4. The highest BCUT2D eigenvalue weighted by Gasteiger charge is 2.07. The number of benzene rings is 2. The van der Waals surface area contributed by atoms with Gasteiger partial charge < -0.3 is 9.83 Å². The van der Waals surface area contributed by atoms with Gasteiger partial charge in [-0.2, -0.15) is 0 Å². The van der Waals surface area contributed by atoms with Crippen molar-refractivity contribution in [3.8, 4) is 0 Å². The molecular formula is C17H12FNO. The molecule has 0 aliphatic heterocycles. The minimum absolute atomic E-state index is 0.526. The zero-order valence-electron chi connectivity index (χ0n) is 10.7. The zero-order valence-corrected chi connectivity index (χ0v) is 10.7. The largest absolute Gasteiger partial charge is 0.456 e. The number of furan rings is 1. The summed E-state index contributed by atoms with van der Waals surface area (Å²) in [4.78, 5) is 0. The highest BCUT2D eigenvalue weighted by atomic mass is 19.1. The van der Waals surface area contributed by atoms with Crippen LogP contribution in [0.4, 0.5) is 4.39 Å². The second-order valence-corrected chi connectivity index (χ2v) is 4.51. The predicted octanol–water partition coefficient (Wildman–Crippen LogP) is 5.10. The molecule has 0 spiro atoms. The number of allylic oxidation sites excluding steroid dienone is 3. The first-order valence-electron chi connectivity index (χ1n) is 6.17. The average Bonchev–Trinajstić information content (AvgIpc) is 2.84. The van der Waals surface area contributed by atoms with Crippen molar-refractivity contribution in [2.24, 2.45) is 0 Å². The molecule has 0 atom stereocenters. The number of halogens is 1. The highest BCUT2D eigenvalue weighted by molar-refractivity contribution is 6.06. The fourth-order valence-electron chi connectivity index (χ4n) is 2.22. The summed E-state index contributed by atoms with van der Waals surface area (Å²) in [6.07, 6.45) is 1.91. The van der Waals surface area contributed by atoms with Crippen molar-refractivity contribution < 1.29 is 8.81 Å². The normalized spacial score (nSPS) is 11.9. The molecule has 0 radical (unpaired) electrons. The summed E-state index contributed by atoms with van der Waals surface area (Å²) in [6, 6.07) is 13.4. The van der Waals surface area contributed by atoms with Gasteiger partial charge in [0.2, 0.25) is 0 Å². The fraction of sp³-hybridized carbons (Fsp3) is 0. The molecule has 20 heavy (non-hydrogen) atoms. The molecule has 2 nitrogen and oxygen atoms in total. The molecule has 1 heterocycles. The van der Waals surface area contributed by atoms with Crippen LogP contribution in [0.15, 0.2) is 65.4 Å². The van der Waals surface area contributed by atoms with Gasteiger partial charge in [0.05, 0.1) is 6.21 Å². The molecule has 0 fully saturated rings. The second kappa shape index (κ2) is 4.78. The Morgan fingerprint density at radius 3 is 2.65 bits per heavy atom. The number of hydrogen-bond donors (Lipinski definition) is 1. The van der Waals surface area contributed by atoms with Crippen molar-refractivity contribution in [2.75, 3.05) is 0 Å². The van der Waals surface area contributed by atoms with E-state index >= 15 is 0 Å². The van der Waals surface area contributed by atoms with Crippen LogP contribution in [-0.4, -0.2) is 6.21 Å². The van der Waals surface area contributed by atoms with Gasteiger partial charge in [0, 0.05) is 10.8 Å². The summed E-state index contributed by atoms with van der Waals surface area (Å²) in [5, 5.41) is 8.85. The van der Waals surface area contributed by atoms with E-state index in [-0.39, 0.29) is 0 Å². The molecule has 0 aliphatic rings. The zero-order chi connectivity index (χ0) is 14.1. The summed E-state index contributed by atoms with van der Waals surface area (Å²) < 4.78 is 18.8. The van der Waals surface area contributed by atoms with Crippen molar-refractivity contribution in [2.45, 2.75) is 0 Å². The maximum atomic E-state index is 13.1. The molecule has 0 bridgehead atoms. The number of fused-ring (bicyclic) bond motifs is 3. The lowest BCUT2D eigenvalue weighted by atomic mass is 10.0. The second-order valence-electron chi connectivity index (χ2n) is 4.51. The number of nitrogens with one attached hydrogen (secondary N) is 1. The average molecular weight is 265 g/mol. The molecule has 3 heteroatoms. The quantitative estimate of drug-likeness (QED) is 0.519. The van der Waals surface area contributed by atoms with Crippen LogP contribution in [0.25, 0.3) is 27.5 Å². The SMILES string of the molecule is C=C(/C=C(/F)C=N)c1ccc2oc3ccccc3c2c1. The monoisotopic (exact) mass is 265 g/mol. The third-order valence-electron chi connectivity index (χ3n) is 3.20. The Kier molecular flexibility index (Phi) is 2.95. The Labute approximate surface area is 115 Å². The van der Waals surface area contributed by atoms with E-state index in [1.807, 2.05) is 42.5 Å². The Balaban J connectivity index is 2.17. The van der Waals surface area contributed by atoms with E-state index in [0.717, 1.165) is 27.5 Å². The Bertz CT molecular complexity index is 858. The molecule has 3 rings (SSSR count). The molecule has 0 saturated heterocycles. The standard InChI is InChI=1S/C17H12FNO/c1-11(8-13(18)10-19)12-6-7-17-15(9-12)14-4-2-3-5-16(14)20-17/h2-10,19H,1H2/b13-8+,19-10?. The van der Waals surface area contributed by atoms with Gasteiger partial charge in [-0.3, -0.25) is 0 Å². The van der Waals surface area contributed by atoms with Gasteiger partial charge in [-0.15, -0.1) is 0 Å². The van der Waals surface area contributed by atoms with Gasteiger partial charge >= 0.3 is 0 Å². The summed E-state index contributed by atoms with van der Waals surface area (Å²) in [7, 11) is 0. The van der Waals surface area contributed by atoms with Gasteiger partial charge in [-0.05, 0) is 35.4 Å². The minimum atomic E-state index is -0.618. The van der Waals surface area contributed by atoms with Crippen LogP contribution >= 0.6 is 0 Å². The molecule has 98 valence electrons. The van der Waals surface area contributed by atoms with E-state index in [1.54, 1.807) is 0 Å². The molecule has 1 N–H and O–H groups in total. The van der Waals surface area contributed by atoms with Crippen LogP contribution < -0.4 is 0 Å². The molecule has 3 aromatic rings. The summed E-state index contributed by atoms with van der Waals surface area (Å²) in [5.74, 6) is -0.618. The van der Waals surface area contributed by atoms with Crippen LogP contribution in [0.5, 0.6) is 0 Å². The van der Waals surface area contributed by atoms with Crippen LogP contribution in [0.1, 0.15) is 5.56 Å². The number of rotatable bonds is 3. The molecule has 0 unspecified atom stereocenters. The first-order valence-corrected chi connectivity index (χ1v) is 6.17. The van der Waals surface area contributed by atoms with Crippen LogP contribution in [0.2, 0.25) is 0 Å².